The summed E-state index contributed by atoms with van der Waals surface area (Å²) < 4.78 is 0.891. The van der Waals surface area contributed by atoms with Gasteiger partial charge in [0.1, 0.15) is 5.75 Å². The molecule has 0 radical (unpaired) electrons. The molecular weight excluding hydrogens is 311 g/mol. The molecule has 1 N–H and O–H groups in total. The highest BCUT2D eigenvalue weighted by molar-refractivity contribution is 9.10. The molecule has 0 atom stereocenters. The fourth-order valence-corrected chi connectivity index (χ4v) is 2.38. The zero-order chi connectivity index (χ0) is 11.7. The maximum atomic E-state index is 9.75. The van der Waals surface area contributed by atoms with Crippen LogP contribution in [0.15, 0.2) is 40.9 Å². The lowest BCUT2D eigenvalue weighted by Crippen LogP contribution is -1.81. The van der Waals surface area contributed by atoms with Crippen molar-refractivity contribution in [2.75, 3.05) is 0 Å². The van der Waals surface area contributed by atoms with E-state index in [1.165, 1.54) is 0 Å². The first-order chi connectivity index (χ1) is 7.58. The van der Waals surface area contributed by atoms with Gasteiger partial charge in [-0.2, -0.15) is 0 Å². The minimum Gasteiger partial charge on any atom is -0.507 e. The van der Waals surface area contributed by atoms with E-state index in [4.69, 9.17) is 23.2 Å². The van der Waals surface area contributed by atoms with Crippen LogP contribution in [0.3, 0.4) is 0 Å². The first-order valence-electron chi connectivity index (χ1n) is 4.52. The second-order valence-electron chi connectivity index (χ2n) is 3.29. The molecule has 1 nitrogen and oxygen atoms in total. The topological polar surface area (TPSA) is 20.2 Å². The second kappa shape index (κ2) is 4.66. The Morgan fingerprint density at radius 1 is 0.938 bits per heavy atom. The molecule has 0 fully saturated rings. The van der Waals surface area contributed by atoms with Crippen LogP contribution in [0, 0.1) is 0 Å². The Morgan fingerprint density at radius 3 is 2.38 bits per heavy atom. The SMILES string of the molecule is Oc1ccc(Cl)cc1-c1ccc(Br)cc1Cl. The Hall–Kier alpha value is -0.700. The first-order valence-corrected chi connectivity index (χ1v) is 6.07. The molecule has 0 amide bonds. The maximum Gasteiger partial charge on any atom is 0.123 e. The van der Waals surface area contributed by atoms with E-state index in [2.05, 4.69) is 15.9 Å². The molecule has 0 aliphatic heterocycles. The van der Waals surface area contributed by atoms with E-state index in [1.807, 2.05) is 12.1 Å². The van der Waals surface area contributed by atoms with Gasteiger partial charge >= 0.3 is 0 Å². The minimum atomic E-state index is 0.161. The molecule has 2 aromatic carbocycles. The summed E-state index contributed by atoms with van der Waals surface area (Å²) in [5.41, 5.74) is 1.38. The third kappa shape index (κ3) is 2.34. The van der Waals surface area contributed by atoms with Crippen LogP contribution in [0.25, 0.3) is 11.1 Å². The maximum absolute atomic E-state index is 9.75. The van der Waals surface area contributed by atoms with Crippen molar-refractivity contribution in [3.63, 3.8) is 0 Å². The zero-order valence-corrected chi connectivity index (χ0v) is 11.1. The number of aromatic hydroxyl groups is 1. The van der Waals surface area contributed by atoms with Gasteiger partial charge in [-0.15, -0.1) is 0 Å². The number of hydrogen-bond acceptors (Lipinski definition) is 1. The molecule has 2 rings (SSSR count). The number of phenols is 1. The van der Waals surface area contributed by atoms with Gasteiger partial charge in [-0.05, 0) is 30.3 Å². The summed E-state index contributed by atoms with van der Waals surface area (Å²) in [5, 5.41) is 10.9. The Balaban J connectivity index is 2.62. The van der Waals surface area contributed by atoms with Gasteiger partial charge in [0.15, 0.2) is 0 Å². The Kier molecular flexibility index (Phi) is 3.43. The summed E-state index contributed by atoms with van der Waals surface area (Å²) in [7, 11) is 0. The monoisotopic (exact) mass is 316 g/mol. The molecule has 0 saturated carbocycles. The smallest absolute Gasteiger partial charge is 0.123 e. The van der Waals surface area contributed by atoms with Crippen LogP contribution in [-0.2, 0) is 0 Å². The van der Waals surface area contributed by atoms with Crippen molar-refractivity contribution in [3.05, 3.63) is 50.9 Å². The fraction of sp³-hybridized carbons (Fsp3) is 0. The van der Waals surface area contributed by atoms with E-state index in [9.17, 15) is 5.11 Å². The van der Waals surface area contributed by atoms with E-state index in [0.29, 0.717) is 15.6 Å². The van der Waals surface area contributed by atoms with E-state index in [-0.39, 0.29) is 5.75 Å². The molecule has 16 heavy (non-hydrogen) atoms. The highest BCUT2D eigenvalue weighted by atomic mass is 79.9. The number of rotatable bonds is 1. The third-order valence-electron chi connectivity index (χ3n) is 2.18. The summed E-state index contributed by atoms with van der Waals surface area (Å²) in [5.74, 6) is 0.161. The predicted octanol–water partition coefficient (Wildman–Crippen LogP) is 5.13. The van der Waals surface area contributed by atoms with Gasteiger partial charge in [0.2, 0.25) is 0 Å². The standard InChI is InChI=1S/C12H7BrCl2O/c13-7-1-3-9(11(15)5-7)10-6-8(14)2-4-12(10)16/h1-6,16H. The van der Waals surface area contributed by atoms with Gasteiger partial charge in [-0.1, -0.05) is 45.2 Å². The van der Waals surface area contributed by atoms with Crippen molar-refractivity contribution < 1.29 is 5.11 Å². The number of hydrogen-bond donors (Lipinski definition) is 1. The van der Waals surface area contributed by atoms with Gasteiger partial charge in [-0.3, -0.25) is 0 Å². The molecule has 0 aliphatic rings. The van der Waals surface area contributed by atoms with Crippen molar-refractivity contribution in [1.29, 1.82) is 0 Å². The lowest BCUT2D eigenvalue weighted by atomic mass is 10.0. The van der Waals surface area contributed by atoms with E-state index >= 15 is 0 Å². The lowest BCUT2D eigenvalue weighted by Gasteiger charge is -2.07. The van der Waals surface area contributed by atoms with Gasteiger partial charge in [0.25, 0.3) is 0 Å². The molecule has 0 aromatic heterocycles. The summed E-state index contributed by atoms with van der Waals surface area (Å²) in [4.78, 5) is 0. The molecular formula is C12H7BrCl2O. The molecule has 0 spiro atoms. The molecule has 0 bridgehead atoms. The zero-order valence-electron chi connectivity index (χ0n) is 8.05. The van der Waals surface area contributed by atoms with Crippen LogP contribution in [0.5, 0.6) is 5.75 Å². The number of benzene rings is 2. The number of phenolic OH excluding ortho intramolecular Hbond substituents is 1. The van der Waals surface area contributed by atoms with Crippen LogP contribution in [0.4, 0.5) is 0 Å². The highest BCUT2D eigenvalue weighted by Crippen LogP contribution is 2.37. The lowest BCUT2D eigenvalue weighted by molar-refractivity contribution is 0.477. The van der Waals surface area contributed by atoms with Gasteiger partial charge < -0.3 is 5.11 Å². The van der Waals surface area contributed by atoms with Gasteiger partial charge in [0, 0.05) is 25.6 Å². The van der Waals surface area contributed by atoms with E-state index in [1.54, 1.807) is 24.3 Å². The third-order valence-corrected chi connectivity index (χ3v) is 3.22. The van der Waals surface area contributed by atoms with Crippen LogP contribution in [0.2, 0.25) is 10.0 Å². The van der Waals surface area contributed by atoms with E-state index < -0.39 is 0 Å². The molecule has 2 aromatic rings. The van der Waals surface area contributed by atoms with Crippen molar-refractivity contribution >= 4 is 39.1 Å². The Labute approximate surface area is 112 Å². The van der Waals surface area contributed by atoms with Gasteiger partial charge in [0.05, 0.1) is 0 Å². The largest absolute Gasteiger partial charge is 0.507 e. The summed E-state index contributed by atoms with van der Waals surface area (Å²) in [6.07, 6.45) is 0. The van der Waals surface area contributed by atoms with Gasteiger partial charge in [-0.25, -0.2) is 0 Å². The van der Waals surface area contributed by atoms with Crippen molar-refractivity contribution in [1.82, 2.24) is 0 Å². The molecule has 0 saturated heterocycles. The molecule has 0 heterocycles. The molecule has 0 aliphatic carbocycles. The van der Waals surface area contributed by atoms with Crippen molar-refractivity contribution in [3.8, 4) is 16.9 Å². The fourth-order valence-electron chi connectivity index (χ4n) is 1.43. The highest BCUT2D eigenvalue weighted by Gasteiger charge is 2.09. The van der Waals surface area contributed by atoms with Crippen LogP contribution < -0.4 is 0 Å². The van der Waals surface area contributed by atoms with Crippen LogP contribution in [-0.4, -0.2) is 5.11 Å². The molecule has 0 unspecified atom stereocenters. The average molecular weight is 318 g/mol. The van der Waals surface area contributed by atoms with E-state index in [0.717, 1.165) is 10.0 Å². The second-order valence-corrected chi connectivity index (χ2v) is 5.04. The average Bonchev–Trinajstić information content (AvgIpc) is 2.22. The minimum absolute atomic E-state index is 0.161. The van der Waals surface area contributed by atoms with Crippen molar-refractivity contribution in [2.24, 2.45) is 0 Å². The quantitative estimate of drug-likeness (QED) is 0.773. The number of halogens is 3. The normalized spacial score (nSPS) is 10.4. The molecule has 82 valence electrons. The summed E-state index contributed by atoms with van der Waals surface area (Å²) >= 11 is 15.3. The predicted molar refractivity (Wildman–Crippen MR) is 71.3 cm³/mol. The summed E-state index contributed by atoms with van der Waals surface area (Å²) in [6.45, 7) is 0. The Morgan fingerprint density at radius 2 is 1.69 bits per heavy atom. The first kappa shape index (κ1) is 11.8. The Bertz CT molecular complexity index is 541. The summed E-state index contributed by atoms with van der Waals surface area (Å²) in [6, 6.07) is 10.3. The molecule has 4 heteroatoms. The van der Waals surface area contributed by atoms with Crippen molar-refractivity contribution in [2.45, 2.75) is 0 Å². The van der Waals surface area contributed by atoms with Crippen LogP contribution in [0.1, 0.15) is 0 Å². The van der Waals surface area contributed by atoms with Crippen LogP contribution >= 0.6 is 39.1 Å².